The largest absolute Gasteiger partial charge is 0.462 e. The summed E-state index contributed by atoms with van der Waals surface area (Å²) in [6.45, 7) is 6.27. The summed E-state index contributed by atoms with van der Waals surface area (Å²) in [4.78, 5) is 38.0. The number of ether oxygens (including phenoxy) is 3. The summed E-state index contributed by atoms with van der Waals surface area (Å²) in [6, 6.07) is 0. The van der Waals surface area contributed by atoms with E-state index in [0.29, 0.717) is 12.8 Å². The molecule has 0 N–H and O–H groups in total. The van der Waals surface area contributed by atoms with Crippen LogP contribution in [0.3, 0.4) is 0 Å². The van der Waals surface area contributed by atoms with E-state index in [1.165, 1.54) is 103 Å². The molecule has 0 saturated carbocycles. The Labute approximate surface area is 400 Å². The van der Waals surface area contributed by atoms with Crippen molar-refractivity contribution < 1.29 is 28.6 Å². The molecule has 0 aliphatic heterocycles. The Bertz CT molecular complexity index is 1360. The summed E-state index contributed by atoms with van der Waals surface area (Å²) >= 11 is 0. The van der Waals surface area contributed by atoms with E-state index in [0.717, 1.165) is 77.0 Å². The number of allylic oxidation sites excluding steroid dienone is 18. The Hall–Kier alpha value is -3.93. The molecule has 6 nitrogen and oxygen atoms in total. The fraction of sp³-hybridized carbons (Fsp3) is 0.644. The molecule has 0 aromatic carbocycles. The molecule has 0 aromatic rings. The molecule has 0 rings (SSSR count). The highest BCUT2D eigenvalue weighted by atomic mass is 16.6. The van der Waals surface area contributed by atoms with E-state index in [4.69, 9.17) is 14.2 Å². The monoisotopic (exact) mass is 901 g/mol. The quantitative estimate of drug-likeness (QED) is 0.0262. The predicted octanol–water partition coefficient (Wildman–Crippen LogP) is 17.5. The van der Waals surface area contributed by atoms with Gasteiger partial charge >= 0.3 is 17.9 Å². The molecule has 65 heavy (non-hydrogen) atoms. The average Bonchev–Trinajstić information content (AvgIpc) is 3.30. The number of unbranched alkanes of at least 4 members (excludes halogenated alkanes) is 24. The highest BCUT2D eigenvalue weighted by molar-refractivity contribution is 5.71. The Morgan fingerprint density at radius 1 is 0.323 bits per heavy atom. The third kappa shape index (κ3) is 50.9. The average molecular weight is 901 g/mol. The third-order valence-corrected chi connectivity index (χ3v) is 11.0. The zero-order valence-corrected chi connectivity index (χ0v) is 42.0. The van der Waals surface area contributed by atoms with Crippen molar-refractivity contribution >= 4 is 17.9 Å². The van der Waals surface area contributed by atoms with Crippen LogP contribution in [0, 0.1) is 0 Å². The molecule has 6 heteroatoms. The van der Waals surface area contributed by atoms with Crippen molar-refractivity contribution in [2.24, 2.45) is 0 Å². The summed E-state index contributed by atoms with van der Waals surface area (Å²) in [5.74, 6) is -1.01. The van der Waals surface area contributed by atoms with Gasteiger partial charge in [-0.2, -0.15) is 0 Å². The summed E-state index contributed by atoms with van der Waals surface area (Å²) in [5.41, 5.74) is 0. The van der Waals surface area contributed by atoms with Crippen LogP contribution in [0.2, 0.25) is 0 Å². The molecule has 0 aromatic heterocycles. The lowest BCUT2D eigenvalue weighted by molar-refractivity contribution is -0.167. The van der Waals surface area contributed by atoms with Crippen LogP contribution in [0.1, 0.15) is 226 Å². The maximum atomic E-state index is 12.8. The zero-order chi connectivity index (χ0) is 47.2. The highest BCUT2D eigenvalue weighted by Gasteiger charge is 2.19. The van der Waals surface area contributed by atoms with Gasteiger partial charge in [-0.3, -0.25) is 14.4 Å². The highest BCUT2D eigenvalue weighted by Crippen LogP contribution is 2.16. The number of carbonyl (C=O) groups is 3. The van der Waals surface area contributed by atoms with E-state index < -0.39 is 6.10 Å². The Morgan fingerprint density at radius 3 is 1.00 bits per heavy atom. The number of rotatable bonds is 46. The van der Waals surface area contributed by atoms with Gasteiger partial charge < -0.3 is 14.2 Å². The van der Waals surface area contributed by atoms with Crippen LogP contribution in [0.25, 0.3) is 0 Å². The maximum absolute atomic E-state index is 12.8. The van der Waals surface area contributed by atoms with E-state index in [9.17, 15) is 14.4 Å². The molecule has 0 aliphatic rings. The van der Waals surface area contributed by atoms with E-state index in [1.807, 2.05) is 79.0 Å². The minimum absolute atomic E-state index is 0.110. The Morgan fingerprint density at radius 2 is 0.615 bits per heavy atom. The first-order valence-corrected chi connectivity index (χ1v) is 26.5. The maximum Gasteiger partial charge on any atom is 0.306 e. The number of hydrogen-bond donors (Lipinski definition) is 0. The lowest BCUT2D eigenvalue weighted by atomic mass is 10.0. The molecule has 0 fully saturated rings. The number of hydrogen-bond acceptors (Lipinski definition) is 6. The molecule has 0 amide bonds. The van der Waals surface area contributed by atoms with Crippen LogP contribution in [-0.2, 0) is 28.6 Å². The molecule has 0 aliphatic carbocycles. The molecule has 1 atom stereocenters. The van der Waals surface area contributed by atoms with E-state index in [1.54, 1.807) is 0 Å². The molecular weight excluding hydrogens is 805 g/mol. The summed E-state index contributed by atoms with van der Waals surface area (Å²) in [5, 5.41) is 0. The van der Waals surface area contributed by atoms with E-state index >= 15 is 0 Å². The molecule has 0 bridgehead atoms. The van der Waals surface area contributed by atoms with Crippen LogP contribution in [0.4, 0.5) is 0 Å². The van der Waals surface area contributed by atoms with E-state index in [2.05, 4.69) is 51.2 Å². The zero-order valence-electron chi connectivity index (χ0n) is 42.0. The number of esters is 3. The van der Waals surface area contributed by atoms with Crippen molar-refractivity contribution in [3.05, 3.63) is 109 Å². The minimum Gasteiger partial charge on any atom is -0.462 e. The van der Waals surface area contributed by atoms with E-state index in [-0.39, 0.29) is 44.0 Å². The SMILES string of the molecule is CC/C=C/C=C/C=C/C=C/C=C/CCCC(=O)OCC(COC(=O)CCCCCCCCCCCCCCCCCCCCC)OC(=O)CCCCCCC/C=C/C=C/C=C/C=C/CC. The van der Waals surface area contributed by atoms with Crippen molar-refractivity contribution in [3.8, 4) is 0 Å². The summed E-state index contributed by atoms with van der Waals surface area (Å²) in [6.07, 6.45) is 70.9. The Kier molecular flexibility index (Phi) is 49.5. The van der Waals surface area contributed by atoms with Crippen molar-refractivity contribution in [3.63, 3.8) is 0 Å². The fourth-order valence-electron chi connectivity index (χ4n) is 7.07. The second-order valence-corrected chi connectivity index (χ2v) is 17.2. The molecule has 1 unspecified atom stereocenters. The van der Waals surface area contributed by atoms with Gasteiger partial charge in [0, 0.05) is 19.3 Å². The lowest BCUT2D eigenvalue weighted by Gasteiger charge is -2.18. The van der Waals surface area contributed by atoms with Gasteiger partial charge in [-0.25, -0.2) is 0 Å². The fourth-order valence-corrected chi connectivity index (χ4v) is 7.07. The van der Waals surface area contributed by atoms with Crippen molar-refractivity contribution in [2.45, 2.75) is 232 Å². The van der Waals surface area contributed by atoms with Crippen molar-refractivity contribution in [2.75, 3.05) is 13.2 Å². The minimum atomic E-state index is -0.819. The molecule has 0 spiro atoms. The van der Waals surface area contributed by atoms with Gasteiger partial charge in [0.15, 0.2) is 6.10 Å². The van der Waals surface area contributed by atoms with Gasteiger partial charge in [0.2, 0.25) is 0 Å². The van der Waals surface area contributed by atoms with Crippen LogP contribution < -0.4 is 0 Å². The molecule has 0 radical (unpaired) electrons. The molecule has 368 valence electrons. The van der Waals surface area contributed by atoms with Gasteiger partial charge in [-0.05, 0) is 51.4 Å². The molecule has 0 heterocycles. The summed E-state index contributed by atoms with van der Waals surface area (Å²) < 4.78 is 16.7. The molecule has 0 saturated heterocycles. The van der Waals surface area contributed by atoms with Crippen molar-refractivity contribution in [1.82, 2.24) is 0 Å². The van der Waals surface area contributed by atoms with Gasteiger partial charge in [0.05, 0.1) is 0 Å². The van der Waals surface area contributed by atoms with Gasteiger partial charge in [0.1, 0.15) is 13.2 Å². The van der Waals surface area contributed by atoms with Crippen LogP contribution in [0.15, 0.2) is 109 Å². The first-order chi connectivity index (χ1) is 32.0. The van der Waals surface area contributed by atoms with Crippen LogP contribution >= 0.6 is 0 Å². The van der Waals surface area contributed by atoms with Crippen LogP contribution in [0.5, 0.6) is 0 Å². The first kappa shape index (κ1) is 61.1. The Balaban J connectivity index is 4.46. The first-order valence-electron chi connectivity index (χ1n) is 26.5. The van der Waals surface area contributed by atoms with Gasteiger partial charge in [0.25, 0.3) is 0 Å². The lowest BCUT2D eigenvalue weighted by Crippen LogP contribution is -2.30. The normalized spacial score (nSPS) is 13.0. The molecular formula is C59H96O6. The summed E-state index contributed by atoms with van der Waals surface area (Å²) in [7, 11) is 0. The smallest absolute Gasteiger partial charge is 0.306 e. The van der Waals surface area contributed by atoms with Crippen LogP contribution in [-0.4, -0.2) is 37.2 Å². The second-order valence-electron chi connectivity index (χ2n) is 17.2. The van der Waals surface area contributed by atoms with Gasteiger partial charge in [-0.15, -0.1) is 0 Å². The standard InChI is InChI=1S/C59H96O6/c1-4-7-10-13-16-19-22-25-27-28-29-30-32-34-37-40-43-46-49-52-58(61)64-55-56(54-63-57(60)51-48-45-42-39-36-33-24-21-18-15-12-9-6-3)65-59(62)53-50-47-44-41-38-35-31-26-23-20-17-14-11-8-5-2/h8-9,11-12,14-15,17-18,20-21,23-24,26,31,33,36,39,42,56H,4-7,10,13,16,19,22,25,27-30,32,34-35,37-38,40-41,43-55H2,1-3H3/b11-8+,12-9+,17-14+,18-15+,23-20+,24-21+,31-26+,36-33+,42-39+. The third-order valence-electron chi connectivity index (χ3n) is 11.0. The second kappa shape index (κ2) is 52.7. The van der Waals surface area contributed by atoms with Crippen molar-refractivity contribution in [1.29, 1.82) is 0 Å². The predicted molar refractivity (Wildman–Crippen MR) is 279 cm³/mol. The number of carbonyl (C=O) groups excluding carboxylic acids is 3. The topological polar surface area (TPSA) is 78.9 Å². The van der Waals surface area contributed by atoms with Gasteiger partial charge in [-0.1, -0.05) is 265 Å².